The Kier molecular flexibility index (Phi) is 6.42. The van der Waals surface area contributed by atoms with Gasteiger partial charge in [-0.05, 0) is 36.6 Å². The average Bonchev–Trinajstić information content (AvgIpc) is 3.13. The summed E-state index contributed by atoms with van der Waals surface area (Å²) in [6.45, 7) is 4.56. The third-order valence-electron chi connectivity index (χ3n) is 4.59. The summed E-state index contributed by atoms with van der Waals surface area (Å²) in [6, 6.07) is 16.7. The lowest BCUT2D eigenvalue weighted by Gasteiger charge is -2.20. The van der Waals surface area contributed by atoms with Gasteiger partial charge in [-0.1, -0.05) is 44.2 Å². The molecule has 2 aromatic carbocycles. The molecule has 0 aliphatic heterocycles. The van der Waals surface area contributed by atoms with Crippen LogP contribution in [0, 0.1) is 5.92 Å². The summed E-state index contributed by atoms with van der Waals surface area (Å²) in [5, 5.41) is 5.91. The highest BCUT2D eigenvalue weighted by Gasteiger charge is 2.21. The number of aromatic nitrogens is 2. The summed E-state index contributed by atoms with van der Waals surface area (Å²) < 4.78 is 0. The van der Waals surface area contributed by atoms with E-state index < -0.39 is 0 Å². The highest BCUT2D eigenvalue weighted by Crippen LogP contribution is 2.22. The van der Waals surface area contributed by atoms with E-state index in [9.17, 15) is 9.59 Å². The quantitative estimate of drug-likeness (QED) is 0.524. The van der Waals surface area contributed by atoms with Gasteiger partial charge in [0.2, 0.25) is 5.91 Å². The standard InChI is InChI=1S/C22H26N4O2/c1-15(2)20(21-24-17-11-6-7-12-18(17)25-21)26-19(27)13-8-14-23-22(28)16-9-4-3-5-10-16/h3-7,9-12,15,20H,8,13-14H2,1-2H3,(H,23,28)(H,24,25)(H,26,27)/t20-/m1/s1. The number of benzene rings is 2. The first-order valence-corrected chi connectivity index (χ1v) is 9.62. The third-order valence-corrected chi connectivity index (χ3v) is 4.59. The second-order valence-corrected chi connectivity index (χ2v) is 7.15. The van der Waals surface area contributed by atoms with E-state index in [4.69, 9.17) is 0 Å². The van der Waals surface area contributed by atoms with Gasteiger partial charge in [-0.25, -0.2) is 4.98 Å². The van der Waals surface area contributed by atoms with Gasteiger partial charge in [0.25, 0.3) is 5.91 Å². The summed E-state index contributed by atoms with van der Waals surface area (Å²) in [6.07, 6.45) is 0.924. The van der Waals surface area contributed by atoms with Crippen LogP contribution in [-0.2, 0) is 4.79 Å². The molecule has 3 aromatic rings. The van der Waals surface area contributed by atoms with Crippen molar-refractivity contribution < 1.29 is 9.59 Å². The van der Waals surface area contributed by atoms with Crippen molar-refractivity contribution >= 4 is 22.8 Å². The van der Waals surface area contributed by atoms with E-state index in [1.165, 1.54) is 0 Å². The van der Waals surface area contributed by atoms with Gasteiger partial charge in [-0.3, -0.25) is 9.59 Å². The lowest BCUT2D eigenvalue weighted by atomic mass is 10.0. The molecule has 0 saturated carbocycles. The number of H-pyrrole nitrogens is 1. The van der Waals surface area contributed by atoms with Crippen LogP contribution in [0.15, 0.2) is 54.6 Å². The molecular formula is C22H26N4O2. The molecule has 1 aromatic heterocycles. The van der Waals surface area contributed by atoms with Crippen LogP contribution in [0.1, 0.15) is 48.9 Å². The topological polar surface area (TPSA) is 86.9 Å². The first kappa shape index (κ1) is 19.6. The molecule has 6 nitrogen and oxygen atoms in total. The van der Waals surface area contributed by atoms with Crippen LogP contribution in [-0.4, -0.2) is 28.3 Å². The number of fused-ring (bicyclic) bond motifs is 1. The molecule has 3 rings (SSSR count). The zero-order valence-corrected chi connectivity index (χ0v) is 16.2. The van der Waals surface area contributed by atoms with Crippen LogP contribution in [0.4, 0.5) is 0 Å². The molecule has 1 atom stereocenters. The van der Waals surface area contributed by atoms with Gasteiger partial charge in [-0.15, -0.1) is 0 Å². The SMILES string of the molecule is CC(C)[C@@H](NC(=O)CCCNC(=O)c1ccccc1)c1nc2ccccc2[nH]1. The Hall–Kier alpha value is -3.15. The van der Waals surface area contributed by atoms with E-state index in [0.717, 1.165) is 16.9 Å². The summed E-state index contributed by atoms with van der Waals surface area (Å²) in [5.74, 6) is 0.792. The number of imidazole rings is 1. The fourth-order valence-corrected chi connectivity index (χ4v) is 3.06. The number of nitrogens with one attached hydrogen (secondary N) is 3. The molecular weight excluding hydrogens is 352 g/mol. The minimum atomic E-state index is -0.182. The molecule has 3 N–H and O–H groups in total. The number of amides is 2. The van der Waals surface area contributed by atoms with Gasteiger partial charge in [0.05, 0.1) is 17.1 Å². The highest BCUT2D eigenvalue weighted by molar-refractivity contribution is 5.94. The number of nitrogens with zero attached hydrogens (tertiary/aromatic N) is 1. The molecule has 0 bridgehead atoms. The molecule has 28 heavy (non-hydrogen) atoms. The normalized spacial score (nSPS) is 12.1. The Balaban J connectivity index is 1.50. The maximum Gasteiger partial charge on any atom is 0.251 e. The molecule has 0 aliphatic carbocycles. The minimum absolute atomic E-state index is 0.0480. The van der Waals surface area contributed by atoms with E-state index in [0.29, 0.717) is 24.9 Å². The van der Waals surface area contributed by atoms with E-state index in [2.05, 4.69) is 34.4 Å². The average molecular weight is 378 g/mol. The first-order valence-electron chi connectivity index (χ1n) is 9.62. The number of para-hydroxylation sites is 2. The molecule has 0 saturated heterocycles. The zero-order chi connectivity index (χ0) is 19.9. The number of aromatic amines is 1. The largest absolute Gasteiger partial charge is 0.352 e. The minimum Gasteiger partial charge on any atom is -0.352 e. The second-order valence-electron chi connectivity index (χ2n) is 7.15. The molecule has 0 radical (unpaired) electrons. The first-order chi connectivity index (χ1) is 13.5. The third kappa shape index (κ3) is 4.97. The summed E-state index contributed by atoms with van der Waals surface area (Å²) in [7, 11) is 0. The van der Waals surface area contributed by atoms with Crippen molar-refractivity contribution in [3.63, 3.8) is 0 Å². The van der Waals surface area contributed by atoms with Gasteiger partial charge in [0.15, 0.2) is 0 Å². The monoisotopic (exact) mass is 378 g/mol. The van der Waals surface area contributed by atoms with Crippen molar-refractivity contribution in [1.82, 2.24) is 20.6 Å². The molecule has 0 fully saturated rings. The van der Waals surface area contributed by atoms with E-state index >= 15 is 0 Å². The van der Waals surface area contributed by atoms with Gasteiger partial charge < -0.3 is 15.6 Å². The molecule has 146 valence electrons. The molecule has 0 spiro atoms. The van der Waals surface area contributed by atoms with Crippen LogP contribution in [0.2, 0.25) is 0 Å². The van der Waals surface area contributed by atoms with Crippen molar-refractivity contribution in [2.45, 2.75) is 32.7 Å². The molecule has 1 heterocycles. The van der Waals surface area contributed by atoms with E-state index in [1.54, 1.807) is 12.1 Å². The van der Waals surface area contributed by atoms with E-state index in [1.807, 2.05) is 42.5 Å². The molecule has 0 aliphatic rings. The van der Waals surface area contributed by atoms with Gasteiger partial charge in [0.1, 0.15) is 5.82 Å². The van der Waals surface area contributed by atoms with Crippen LogP contribution in [0.3, 0.4) is 0 Å². The van der Waals surface area contributed by atoms with Crippen molar-refractivity contribution in [2.75, 3.05) is 6.54 Å². The zero-order valence-electron chi connectivity index (χ0n) is 16.2. The number of carbonyl (C=O) groups excluding carboxylic acids is 2. The number of rotatable bonds is 8. The van der Waals surface area contributed by atoms with Crippen LogP contribution in [0.5, 0.6) is 0 Å². The van der Waals surface area contributed by atoms with Gasteiger partial charge in [-0.2, -0.15) is 0 Å². The van der Waals surface area contributed by atoms with Crippen molar-refractivity contribution in [1.29, 1.82) is 0 Å². The Morgan fingerprint density at radius 2 is 1.75 bits per heavy atom. The Morgan fingerprint density at radius 1 is 1.04 bits per heavy atom. The molecule has 6 heteroatoms. The molecule has 2 amide bonds. The lowest BCUT2D eigenvalue weighted by Crippen LogP contribution is -2.33. The van der Waals surface area contributed by atoms with Crippen LogP contribution < -0.4 is 10.6 Å². The smallest absolute Gasteiger partial charge is 0.251 e. The van der Waals surface area contributed by atoms with E-state index in [-0.39, 0.29) is 23.8 Å². The highest BCUT2D eigenvalue weighted by atomic mass is 16.2. The summed E-state index contributed by atoms with van der Waals surface area (Å²) in [5.41, 5.74) is 2.47. The number of hydrogen-bond acceptors (Lipinski definition) is 3. The van der Waals surface area contributed by atoms with Crippen molar-refractivity contribution in [3.05, 3.63) is 66.0 Å². The lowest BCUT2D eigenvalue weighted by molar-refractivity contribution is -0.122. The predicted molar refractivity (Wildman–Crippen MR) is 110 cm³/mol. The second kappa shape index (κ2) is 9.17. The fraction of sp³-hybridized carbons (Fsp3) is 0.318. The van der Waals surface area contributed by atoms with Gasteiger partial charge >= 0.3 is 0 Å². The number of hydrogen-bond donors (Lipinski definition) is 3. The Morgan fingerprint density at radius 3 is 2.46 bits per heavy atom. The maximum absolute atomic E-state index is 12.4. The van der Waals surface area contributed by atoms with Crippen LogP contribution >= 0.6 is 0 Å². The summed E-state index contributed by atoms with van der Waals surface area (Å²) >= 11 is 0. The van der Waals surface area contributed by atoms with Crippen LogP contribution in [0.25, 0.3) is 11.0 Å². The van der Waals surface area contributed by atoms with Crippen molar-refractivity contribution in [3.8, 4) is 0 Å². The summed E-state index contributed by atoms with van der Waals surface area (Å²) in [4.78, 5) is 32.3. The van der Waals surface area contributed by atoms with Crippen molar-refractivity contribution in [2.24, 2.45) is 5.92 Å². The predicted octanol–water partition coefficient (Wildman–Crippen LogP) is 3.59. The number of carbonyl (C=O) groups is 2. The maximum atomic E-state index is 12.4. The van der Waals surface area contributed by atoms with Gasteiger partial charge in [0, 0.05) is 18.5 Å². The Labute approximate surface area is 164 Å². The fourth-order valence-electron chi connectivity index (χ4n) is 3.06. The molecule has 0 unspecified atom stereocenters. The Bertz CT molecular complexity index is 901.